The van der Waals surface area contributed by atoms with Crippen molar-refractivity contribution in [1.82, 2.24) is 4.90 Å². The van der Waals surface area contributed by atoms with E-state index < -0.39 is 6.10 Å². The Labute approximate surface area is 69.9 Å². The zero-order valence-electron chi connectivity index (χ0n) is 6.59. The molecule has 0 aromatic heterocycles. The molecule has 1 saturated heterocycles. The van der Waals surface area contributed by atoms with Crippen LogP contribution in [0, 0.1) is 5.92 Å². The van der Waals surface area contributed by atoms with Gasteiger partial charge in [-0.2, -0.15) is 0 Å². The van der Waals surface area contributed by atoms with Gasteiger partial charge >= 0.3 is 0 Å². The number of likely N-dealkylation sites (tertiary alicyclic amines) is 1. The minimum Gasteiger partial charge on any atom is -0.408 e. The van der Waals surface area contributed by atoms with E-state index in [1.54, 1.807) is 0 Å². The SMILES string of the molecule is N/C(=N\O)N1CC(O)C(CO)C1. The average molecular weight is 175 g/mol. The first-order chi connectivity index (χ1) is 5.69. The van der Waals surface area contributed by atoms with Crippen LogP contribution in [-0.4, -0.2) is 52.1 Å². The Kier molecular flexibility index (Phi) is 2.72. The van der Waals surface area contributed by atoms with Crippen LogP contribution in [0.1, 0.15) is 0 Å². The second kappa shape index (κ2) is 3.59. The smallest absolute Gasteiger partial charge is 0.233 e. The van der Waals surface area contributed by atoms with E-state index in [2.05, 4.69) is 5.16 Å². The minimum absolute atomic E-state index is 0.0231. The van der Waals surface area contributed by atoms with Crippen LogP contribution >= 0.6 is 0 Å². The third-order valence-electron chi connectivity index (χ3n) is 2.07. The van der Waals surface area contributed by atoms with Crippen LogP contribution < -0.4 is 5.73 Å². The van der Waals surface area contributed by atoms with E-state index in [1.807, 2.05) is 0 Å². The van der Waals surface area contributed by atoms with Crippen LogP contribution in [0.4, 0.5) is 0 Å². The summed E-state index contributed by atoms with van der Waals surface area (Å²) in [5.41, 5.74) is 5.29. The Morgan fingerprint density at radius 2 is 2.25 bits per heavy atom. The second-order valence-electron chi connectivity index (χ2n) is 2.87. The van der Waals surface area contributed by atoms with Gasteiger partial charge in [0.25, 0.3) is 0 Å². The summed E-state index contributed by atoms with van der Waals surface area (Å²) in [5.74, 6) is -0.227. The lowest BCUT2D eigenvalue weighted by Crippen LogP contribution is -2.36. The summed E-state index contributed by atoms with van der Waals surface area (Å²) >= 11 is 0. The standard InChI is InChI=1S/C6H13N3O3/c7-6(8-12)9-1-4(3-10)5(11)2-9/h4-5,10-12H,1-3H2,(H2,7,8). The summed E-state index contributed by atoms with van der Waals surface area (Å²) in [4.78, 5) is 1.52. The van der Waals surface area contributed by atoms with Gasteiger partial charge in [-0.1, -0.05) is 5.16 Å². The fourth-order valence-electron chi connectivity index (χ4n) is 1.28. The van der Waals surface area contributed by atoms with Crippen LogP contribution in [0.3, 0.4) is 0 Å². The molecule has 6 nitrogen and oxygen atoms in total. The van der Waals surface area contributed by atoms with E-state index in [-0.39, 0.29) is 18.5 Å². The lowest BCUT2D eigenvalue weighted by molar-refractivity contribution is 0.103. The summed E-state index contributed by atoms with van der Waals surface area (Å²) < 4.78 is 0. The van der Waals surface area contributed by atoms with Crippen LogP contribution in [0.15, 0.2) is 5.16 Å². The molecule has 0 aliphatic carbocycles. The molecule has 0 radical (unpaired) electrons. The van der Waals surface area contributed by atoms with Gasteiger partial charge in [0.2, 0.25) is 5.96 Å². The largest absolute Gasteiger partial charge is 0.408 e. The maximum absolute atomic E-state index is 9.31. The third-order valence-corrected chi connectivity index (χ3v) is 2.07. The molecule has 2 atom stereocenters. The van der Waals surface area contributed by atoms with Crippen LogP contribution in [0.2, 0.25) is 0 Å². The van der Waals surface area contributed by atoms with Crippen molar-refractivity contribution in [2.45, 2.75) is 6.10 Å². The minimum atomic E-state index is -0.602. The van der Waals surface area contributed by atoms with Crippen molar-refractivity contribution in [3.05, 3.63) is 0 Å². The van der Waals surface area contributed by atoms with Gasteiger partial charge in [-0.3, -0.25) is 0 Å². The average Bonchev–Trinajstić information content (AvgIpc) is 2.45. The van der Waals surface area contributed by atoms with Crippen molar-refractivity contribution >= 4 is 5.96 Å². The summed E-state index contributed by atoms with van der Waals surface area (Å²) in [6, 6.07) is 0. The fourth-order valence-corrected chi connectivity index (χ4v) is 1.28. The molecule has 1 aliphatic heterocycles. The quantitative estimate of drug-likeness (QED) is 0.159. The number of nitrogens with zero attached hydrogens (tertiary/aromatic N) is 2. The molecule has 0 amide bonds. The maximum atomic E-state index is 9.31. The molecule has 70 valence electrons. The van der Waals surface area contributed by atoms with Gasteiger partial charge in [0, 0.05) is 19.0 Å². The first kappa shape index (κ1) is 9.08. The summed E-state index contributed by atoms with van der Waals surface area (Å²) in [6.45, 7) is 0.644. The molecule has 2 unspecified atom stereocenters. The predicted octanol–water partition coefficient (Wildman–Crippen LogP) is -2.02. The monoisotopic (exact) mass is 175 g/mol. The van der Waals surface area contributed by atoms with Crippen molar-refractivity contribution in [1.29, 1.82) is 0 Å². The number of rotatable bonds is 1. The molecule has 12 heavy (non-hydrogen) atoms. The van der Waals surface area contributed by atoms with E-state index >= 15 is 0 Å². The van der Waals surface area contributed by atoms with Crippen molar-refractivity contribution in [2.24, 2.45) is 16.8 Å². The highest BCUT2D eigenvalue weighted by molar-refractivity contribution is 5.77. The molecule has 0 bridgehead atoms. The van der Waals surface area contributed by atoms with Gasteiger partial charge in [-0.25, -0.2) is 0 Å². The molecule has 1 rings (SSSR count). The zero-order valence-corrected chi connectivity index (χ0v) is 6.59. The summed E-state index contributed by atoms with van der Waals surface area (Å²) in [6.07, 6.45) is -0.602. The Balaban J connectivity index is 2.54. The zero-order chi connectivity index (χ0) is 9.14. The van der Waals surface area contributed by atoms with Gasteiger partial charge < -0.3 is 26.1 Å². The number of aliphatic hydroxyl groups is 2. The lowest BCUT2D eigenvalue weighted by Gasteiger charge is -2.14. The Morgan fingerprint density at radius 3 is 2.67 bits per heavy atom. The number of hydrogen-bond acceptors (Lipinski definition) is 4. The van der Waals surface area contributed by atoms with Crippen molar-refractivity contribution in [3.8, 4) is 0 Å². The highest BCUT2D eigenvalue weighted by atomic mass is 16.4. The van der Waals surface area contributed by atoms with Gasteiger partial charge in [0.1, 0.15) is 0 Å². The number of guanidine groups is 1. The molecule has 0 aromatic rings. The Bertz CT molecular complexity index is 185. The molecule has 1 heterocycles. The highest BCUT2D eigenvalue weighted by Crippen LogP contribution is 2.15. The number of β-amino-alcohol motifs (C(OH)–C–C–N with tert-alkyl or cyclic N) is 1. The van der Waals surface area contributed by atoms with Crippen LogP contribution in [0.5, 0.6) is 0 Å². The van der Waals surface area contributed by atoms with Gasteiger partial charge in [-0.15, -0.1) is 0 Å². The van der Waals surface area contributed by atoms with Crippen molar-refractivity contribution in [3.63, 3.8) is 0 Å². The van der Waals surface area contributed by atoms with Crippen molar-refractivity contribution in [2.75, 3.05) is 19.7 Å². The van der Waals surface area contributed by atoms with Gasteiger partial charge in [0.05, 0.1) is 12.7 Å². The normalized spacial score (nSPS) is 31.2. The molecular weight excluding hydrogens is 162 g/mol. The summed E-state index contributed by atoms with van der Waals surface area (Å²) in [5, 5.41) is 29.2. The number of nitrogens with two attached hydrogens (primary N) is 1. The first-order valence-corrected chi connectivity index (χ1v) is 3.70. The molecule has 0 spiro atoms. The molecule has 0 aromatic carbocycles. The lowest BCUT2D eigenvalue weighted by atomic mass is 10.1. The van der Waals surface area contributed by atoms with Crippen LogP contribution in [-0.2, 0) is 0 Å². The van der Waals surface area contributed by atoms with E-state index in [1.165, 1.54) is 4.90 Å². The molecule has 0 saturated carbocycles. The molecule has 1 fully saturated rings. The Hall–Kier alpha value is -1.01. The Morgan fingerprint density at radius 1 is 1.58 bits per heavy atom. The molecule has 6 heteroatoms. The maximum Gasteiger partial charge on any atom is 0.233 e. The second-order valence-corrected chi connectivity index (χ2v) is 2.87. The topological polar surface area (TPSA) is 102 Å². The summed E-state index contributed by atoms with van der Waals surface area (Å²) in [7, 11) is 0. The predicted molar refractivity (Wildman–Crippen MR) is 41.6 cm³/mol. The van der Waals surface area contributed by atoms with Crippen molar-refractivity contribution < 1.29 is 15.4 Å². The fraction of sp³-hybridized carbons (Fsp3) is 0.833. The third kappa shape index (κ3) is 1.59. The number of aliphatic hydroxyl groups excluding tert-OH is 2. The van der Waals surface area contributed by atoms with E-state index in [0.29, 0.717) is 13.1 Å². The van der Waals surface area contributed by atoms with E-state index in [4.69, 9.17) is 16.0 Å². The van der Waals surface area contributed by atoms with E-state index in [9.17, 15) is 5.11 Å². The number of oxime groups is 1. The number of hydrogen-bond donors (Lipinski definition) is 4. The first-order valence-electron chi connectivity index (χ1n) is 3.70. The highest BCUT2D eigenvalue weighted by Gasteiger charge is 2.31. The van der Waals surface area contributed by atoms with Gasteiger partial charge in [0.15, 0.2) is 0 Å². The molecular formula is C6H13N3O3. The van der Waals surface area contributed by atoms with Crippen LogP contribution in [0.25, 0.3) is 0 Å². The van der Waals surface area contributed by atoms with Gasteiger partial charge in [-0.05, 0) is 0 Å². The molecule has 5 N–H and O–H groups in total. The molecule has 1 aliphatic rings. The van der Waals surface area contributed by atoms with E-state index in [0.717, 1.165) is 0 Å².